The third-order valence-corrected chi connectivity index (χ3v) is 9.82. The van der Waals surface area contributed by atoms with E-state index in [0.717, 1.165) is 10.1 Å². The van der Waals surface area contributed by atoms with E-state index in [9.17, 15) is 23.7 Å². The summed E-state index contributed by atoms with van der Waals surface area (Å²) in [4.78, 5) is 60.3. The van der Waals surface area contributed by atoms with Gasteiger partial charge in [-0.1, -0.05) is 48.5 Å². The molecule has 2 aliphatic heterocycles. The van der Waals surface area contributed by atoms with E-state index in [1.54, 1.807) is 45.9 Å². The third kappa shape index (κ3) is 10.2. The van der Waals surface area contributed by atoms with Crippen molar-refractivity contribution in [1.29, 1.82) is 0 Å². The predicted octanol–water partition coefficient (Wildman–Crippen LogP) is 5.00. The van der Waals surface area contributed by atoms with Crippen LogP contribution in [0.1, 0.15) is 65.3 Å². The lowest BCUT2D eigenvalue weighted by molar-refractivity contribution is -0.149. The summed E-state index contributed by atoms with van der Waals surface area (Å²) in [6.45, 7) is 9.44. The van der Waals surface area contributed by atoms with Crippen LogP contribution in [0.25, 0.3) is 0 Å². The van der Waals surface area contributed by atoms with Crippen LogP contribution in [0, 0.1) is 0 Å². The van der Waals surface area contributed by atoms with Gasteiger partial charge in [0.2, 0.25) is 0 Å². The maximum absolute atomic E-state index is 14.5. The van der Waals surface area contributed by atoms with Crippen LogP contribution in [0.2, 0.25) is 0 Å². The molecule has 3 heterocycles. The summed E-state index contributed by atoms with van der Waals surface area (Å²) in [7, 11) is -4.49. The molecule has 2 N–H and O–H groups in total. The van der Waals surface area contributed by atoms with E-state index in [0.29, 0.717) is 5.56 Å². The Morgan fingerprint density at radius 2 is 1.69 bits per heavy atom. The zero-order valence-corrected chi connectivity index (χ0v) is 31.7. The van der Waals surface area contributed by atoms with Crippen molar-refractivity contribution in [2.45, 2.75) is 103 Å². The Kier molecular flexibility index (Phi) is 13.1. The molecule has 2 fully saturated rings. The zero-order chi connectivity index (χ0) is 39.0. The summed E-state index contributed by atoms with van der Waals surface area (Å²) < 4.78 is 55.2. The van der Waals surface area contributed by atoms with Crippen LogP contribution in [0.4, 0.5) is 10.6 Å². The van der Waals surface area contributed by atoms with E-state index < -0.39 is 74.3 Å². The topological polar surface area (TPSA) is 201 Å². The number of carbonyl (C=O) groups is 3. The number of nitrogens with zero attached hydrogens (tertiary/aromatic N) is 2. The number of nitrogens with one attached hydrogen (secondary N) is 2. The van der Waals surface area contributed by atoms with Gasteiger partial charge in [-0.05, 0) is 71.2 Å². The molecule has 6 atom stereocenters. The second-order valence-corrected chi connectivity index (χ2v) is 15.0. The second-order valence-electron chi connectivity index (χ2n) is 13.3. The molecule has 3 aromatic rings. The van der Waals surface area contributed by atoms with E-state index in [2.05, 4.69) is 15.6 Å². The highest BCUT2D eigenvalue weighted by molar-refractivity contribution is 7.52. The molecule has 18 heteroatoms. The van der Waals surface area contributed by atoms with Crippen LogP contribution < -0.4 is 20.8 Å². The summed E-state index contributed by atoms with van der Waals surface area (Å²) in [6, 6.07) is 16.3. The third-order valence-electron chi connectivity index (χ3n) is 8.19. The smallest absolute Gasteiger partial charge is 0.463 e. The number of hydrogen-bond acceptors (Lipinski definition) is 15. The fourth-order valence-electron chi connectivity index (χ4n) is 5.75. The highest BCUT2D eigenvalue weighted by Crippen LogP contribution is 2.50. The van der Waals surface area contributed by atoms with Gasteiger partial charge in [0, 0.05) is 12.6 Å². The average molecular weight is 773 g/mol. The van der Waals surface area contributed by atoms with E-state index in [1.165, 1.54) is 32.2 Å². The number of benzene rings is 2. The molecule has 0 spiro atoms. The molecule has 0 saturated carbocycles. The van der Waals surface area contributed by atoms with Crippen LogP contribution in [0.5, 0.6) is 5.75 Å². The summed E-state index contributed by atoms with van der Waals surface area (Å²) in [6.07, 6.45) is -3.72. The molecule has 54 heavy (non-hydrogen) atoms. The van der Waals surface area contributed by atoms with Gasteiger partial charge in [0.25, 0.3) is 0 Å². The van der Waals surface area contributed by atoms with Crippen LogP contribution in [-0.4, -0.2) is 70.3 Å². The van der Waals surface area contributed by atoms with Gasteiger partial charge in [-0.3, -0.25) is 23.5 Å². The molecule has 0 amide bonds. The van der Waals surface area contributed by atoms with Crippen LogP contribution in [0.15, 0.2) is 71.7 Å². The standard InChI is InChI=1S/C36H45N4O13P/c1-22(2)48-30(41)17-16-26-14-10-11-15-27(26)53-54(45,39-24(5)32(42)49-23(3)4)47-21-28-31-36(6,52-35(44)51-31)33(50-28)40-19-18-29(37-34(40)43)38-46-20-25-12-8-7-9-13-25/h7-15,18-19,22-24,28,31,33H,16-17,20-21H2,1-6H3,(H,39,45)(H,37,38,43)/t24?,28-,31-,33-,36-,54?/m1/s1. The number of fused-ring (bicyclic) bond motifs is 1. The van der Waals surface area contributed by atoms with Crippen molar-refractivity contribution in [3.63, 3.8) is 0 Å². The minimum Gasteiger partial charge on any atom is -0.463 e. The normalized spacial score (nSPS) is 22.1. The fourth-order valence-corrected chi connectivity index (χ4v) is 7.29. The van der Waals surface area contributed by atoms with Crippen molar-refractivity contribution in [3.8, 4) is 5.75 Å². The maximum atomic E-state index is 14.5. The maximum Gasteiger partial charge on any atom is 0.509 e. The molecule has 17 nitrogen and oxygen atoms in total. The van der Waals surface area contributed by atoms with Crippen molar-refractivity contribution < 1.29 is 56.5 Å². The number of hydrogen-bond donors (Lipinski definition) is 2. The quantitative estimate of drug-likeness (QED) is 0.0757. The van der Waals surface area contributed by atoms with E-state index >= 15 is 0 Å². The molecule has 1 aromatic heterocycles. The number of esters is 2. The van der Waals surface area contributed by atoms with Gasteiger partial charge in [0.15, 0.2) is 23.8 Å². The fraction of sp³-hybridized carbons (Fsp3) is 0.472. The SMILES string of the molecule is CC(C)OC(=O)CCc1ccccc1OP(=O)(NC(C)C(=O)OC(C)C)OC[C@H]1O[C@@H](n2ccc(NOCc3ccccc3)nc2=O)[C@]2(C)OC(=O)O[C@H]12. The Morgan fingerprint density at radius 3 is 2.39 bits per heavy atom. The summed E-state index contributed by atoms with van der Waals surface area (Å²) in [5.74, 6) is -0.915. The van der Waals surface area contributed by atoms with Crippen molar-refractivity contribution in [3.05, 3.63) is 88.5 Å². The highest BCUT2D eigenvalue weighted by Gasteiger charge is 2.64. The van der Waals surface area contributed by atoms with Gasteiger partial charge in [-0.15, -0.1) is 0 Å². The molecular weight excluding hydrogens is 727 g/mol. The highest BCUT2D eigenvalue weighted by atomic mass is 31.2. The molecule has 0 aliphatic carbocycles. The predicted molar refractivity (Wildman–Crippen MR) is 191 cm³/mol. The van der Waals surface area contributed by atoms with E-state index in [4.69, 9.17) is 37.6 Å². The molecule has 2 aliphatic rings. The number of anilines is 1. The zero-order valence-electron chi connectivity index (χ0n) is 30.8. The Balaban J connectivity index is 1.34. The van der Waals surface area contributed by atoms with Gasteiger partial charge in [-0.2, -0.15) is 10.1 Å². The number of para-hydroxylation sites is 1. The lowest BCUT2D eigenvalue weighted by atomic mass is 9.96. The monoisotopic (exact) mass is 772 g/mol. The first kappa shape index (κ1) is 40.4. The molecule has 5 rings (SSSR count). The summed E-state index contributed by atoms with van der Waals surface area (Å²) in [5.41, 5.74) is 1.74. The van der Waals surface area contributed by atoms with Crippen LogP contribution >= 0.6 is 7.75 Å². The van der Waals surface area contributed by atoms with Gasteiger partial charge in [0.05, 0.1) is 25.4 Å². The van der Waals surface area contributed by atoms with Crippen molar-refractivity contribution in [1.82, 2.24) is 14.6 Å². The van der Waals surface area contributed by atoms with Crippen LogP contribution in [-0.2, 0) is 60.2 Å². The van der Waals surface area contributed by atoms with E-state index in [1.807, 2.05) is 30.3 Å². The first-order valence-electron chi connectivity index (χ1n) is 17.4. The minimum atomic E-state index is -4.49. The number of rotatable bonds is 18. The molecule has 0 radical (unpaired) electrons. The Hall–Kier alpha value is -4.80. The minimum absolute atomic E-state index is 0.0170. The second kappa shape index (κ2) is 17.6. The van der Waals surface area contributed by atoms with Crippen molar-refractivity contribution >= 4 is 31.7 Å². The molecule has 2 unspecified atom stereocenters. The Bertz CT molecular complexity index is 1890. The number of aromatic nitrogens is 2. The lowest BCUT2D eigenvalue weighted by Gasteiger charge is -2.26. The molecule has 2 aromatic carbocycles. The first-order valence-corrected chi connectivity index (χ1v) is 19.0. The average Bonchev–Trinajstić information content (AvgIpc) is 3.55. The van der Waals surface area contributed by atoms with Crippen molar-refractivity contribution in [2.24, 2.45) is 0 Å². The number of aryl methyl sites for hydroxylation is 1. The molecule has 2 saturated heterocycles. The van der Waals surface area contributed by atoms with Gasteiger partial charge in [-0.25, -0.2) is 19.6 Å². The Morgan fingerprint density at radius 1 is 0.981 bits per heavy atom. The van der Waals surface area contributed by atoms with Crippen LogP contribution in [0.3, 0.4) is 0 Å². The lowest BCUT2D eigenvalue weighted by Crippen LogP contribution is -2.44. The number of ether oxygens (including phenoxy) is 5. The summed E-state index contributed by atoms with van der Waals surface area (Å²) in [5, 5.41) is 2.62. The van der Waals surface area contributed by atoms with Crippen molar-refractivity contribution in [2.75, 3.05) is 12.1 Å². The number of carbonyl (C=O) groups excluding carboxylic acids is 3. The molecule has 0 bridgehead atoms. The first-order chi connectivity index (χ1) is 25.7. The molecular formula is C36H45N4O13P. The largest absolute Gasteiger partial charge is 0.509 e. The van der Waals surface area contributed by atoms with Gasteiger partial charge >= 0.3 is 31.5 Å². The van der Waals surface area contributed by atoms with Gasteiger partial charge < -0.3 is 28.2 Å². The Labute approximate surface area is 312 Å². The van der Waals surface area contributed by atoms with Gasteiger partial charge in [0.1, 0.15) is 17.9 Å². The van der Waals surface area contributed by atoms with E-state index in [-0.39, 0.29) is 37.1 Å². The molecule has 292 valence electrons. The summed E-state index contributed by atoms with van der Waals surface area (Å²) >= 11 is 0.